The van der Waals surface area contributed by atoms with E-state index in [1.165, 1.54) is 0 Å². The summed E-state index contributed by atoms with van der Waals surface area (Å²) in [5, 5.41) is -0.475. The average Bonchev–Trinajstić information content (AvgIpc) is 2.54. The van der Waals surface area contributed by atoms with E-state index >= 15 is 0 Å². The number of carbonyl (C=O) groups is 2. The van der Waals surface area contributed by atoms with Gasteiger partial charge in [0.15, 0.2) is 0 Å². The molecule has 18 heavy (non-hydrogen) atoms. The van der Waals surface area contributed by atoms with E-state index in [2.05, 4.69) is 0 Å². The third kappa shape index (κ3) is 1.98. The fourth-order valence-electron chi connectivity index (χ4n) is 1.61. The summed E-state index contributed by atoms with van der Waals surface area (Å²) < 4.78 is 0. The standard InChI is InChI=1S/C12H10Cl2N2O2/c1-15(2)7-3-5-8(6-4-7)16-11(17)9(13)10(14)12(16)18/h3-6H,1-2H3. The van der Waals surface area contributed by atoms with E-state index in [0.717, 1.165) is 10.6 Å². The topological polar surface area (TPSA) is 40.6 Å². The van der Waals surface area contributed by atoms with Crippen LogP contribution >= 0.6 is 23.2 Å². The van der Waals surface area contributed by atoms with E-state index in [0.29, 0.717) is 5.69 Å². The van der Waals surface area contributed by atoms with E-state index in [-0.39, 0.29) is 10.1 Å². The zero-order valence-corrected chi connectivity index (χ0v) is 11.3. The predicted molar refractivity (Wildman–Crippen MR) is 72.0 cm³/mol. The van der Waals surface area contributed by atoms with Crippen molar-refractivity contribution in [3.63, 3.8) is 0 Å². The average molecular weight is 285 g/mol. The van der Waals surface area contributed by atoms with Crippen LogP contribution in [-0.4, -0.2) is 25.9 Å². The zero-order valence-electron chi connectivity index (χ0n) is 9.78. The number of nitrogens with zero attached hydrogens (tertiary/aromatic N) is 2. The number of amides is 2. The lowest BCUT2D eigenvalue weighted by molar-refractivity contribution is -0.120. The van der Waals surface area contributed by atoms with E-state index in [1.54, 1.807) is 24.3 Å². The van der Waals surface area contributed by atoms with Crippen LogP contribution in [0.25, 0.3) is 0 Å². The largest absolute Gasteiger partial charge is 0.378 e. The van der Waals surface area contributed by atoms with E-state index in [9.17, 15) is 9.59 Å². The molecule has 0 fully saturated rings. The number of anilines is 2. The molecule has 0 radical (unpaired) electrons. The van der Waals surface area contributed by atoms with Gasteiger partial charge >= 0.3 is 0 Å². The Morgan fingerprint density at radius 2 is 1.39 bits per heavy atom. The number of rotatable bonds is 2. The van der Waals surface area contributed by atoms with Crippen LogP contribution in [0.3, 0.4) is 0 Å². The van der Waals surface area contributed by atoms with Crippen LogP contribution in [-0.2, 0) is 9.59 Å². The molecule has 0 atom stereocenters. The van der Waals surface area contributed by atoms with Gasteiger partial charge in [-0.05, 0) is 24.3 Å². The smallest absolute Gasteiger partial charge is 0.278 e. The van der Waals surface area contributed by atoms with Crippen molar-refractivity contribution in [3.05, 3.63) is 34.3 Å². The van der Waals surface area contributed by atoms with Gasteiger partial charge in [0.25, 0.3) is 11.8 Å². The highest BCUT2D eigenvalue weighted by Crippen LogP contribution is 2.31. The number of halogens is 2. The second-order valence-electron chi connectivity index (χ2n) is 3.98. The van der Waals surface area contributed by atoms with Crippen LogP contribution in [0.4, 0.5) is 11.4 Å². The number of imide groups is 1. The van der Waals surface area contributed by atoms with Crippen LogP contribution in [0, 0.1) is 0 Å². The molecule has 2 amide bonds. The molecule has 0 aliphatic carbocycles. The molecule has 1 aromatic rings. The summed E-state index contributed by atoms with van der Waals surface area (Å²) in [7, 11) is 3.80. The Balaban J connectivity index is 2.34. The van der Waals surface area contributed by atoms with E-state index < -0.39 is 11.8 Å². The van der Waals surface area contributed by atoms with Gasteiger partial charge in [0, 0.05) is 19.8 Å². The molecule has 0 saturated heterocycles. The number of benzene rings is 1. The molecule has 0 N–H and O–H groups in total. The molecule has 0 saturated carbocycles. The SMILES string of the molecule is CN(C)c1ccc(N2C(=O)C(Cl)=C(Cl)C2=O)cc1. The molecule has 6 heteroatoms. The first-order chi connectivity index (χ1) is 8.43. The fourth-order valence-corrected chi connectivity index (χ4v) is 1.94. The third-order valence-electron chi connectivity index (χ3n) is 2.60. The summed E-state index contributed by atoms with van der Waals surface area (Å²) in [6, 6.07) is 6.95. The van der Waals surface area contributed by atoms with Gasteiger partial charge in [-0.25, -0.2) is 4.90 Å². The zero-order chi connectivity index (χ0) is 13.4. The first-order valence-corrected chi connectivity index (χ1v) is 5.90. The lowest BCUT2D eigenvalue weighted by atomic mass is 10.2. The number of hydrogen-bond acceptors (Lipinski definition) is 3. The lowest BCUT2D eigenvalue weighted by Crippen LogP contribution is -2.30. The summed E-state index contributed by atoms with van der Waals surface area (Å²) in [5.74, 6) is -1.19. The molecule has 0 bridgehead atoms. The Morgan fingerprint density at radius 1 is 0.944 bits per heavy atom. The Bertz CT molecular complexity index is 526. The van der Waals surface area contributed by atoms with Crippen molar-refractivity contribution >= 4 is 46.4 Å². The predicted octanol–water partition coefficient (Wildman–Crippen LogP) is 2.32. The molecule has 4 nitrogen and oxygen atoms in total. The minimum absolute atomic E-state index is 0.238. The molecule has 1 aromatic carbocycles. The van der Waals surface area contributed by atoms with Crippen molar-refractivity contribution in [2.45, 2.75) is 0 Å². The maximum Gasteiger partial charge on any atom is 0.278 e. The molecule has 0 unspecified atom stereocenters. The minimum atomic E-state index is -0.593. The van der Waals surface area contributed by atoms with Gasteiger partial charge in [0.1, 0.15) is 10.1 Å². The van der Waals surface area contributed by atoms with Crippen molar-refractivity contribution in [1.29, 1.82) is 0 Å². The Morgan fingerprint density at radius 3 is 1.78 bits per heavy atom. The molecular formula is C12H10Cl2N2O2. The Hall–Kier alpha value is -1.52. The highest BCUT2D eigenvalue weighted by Gasteiger charge is 2.37. The molecule has 1 heterocycles. The number of hydrogen-bond donors (Lipinski definition) is 0. The third-order valence-corrected chi connectivity index (χ3v) is 3.40. The summed E-state index contributed by atoms with van der Waals surface area (Å²) in [4.78, 5) is 26.4. The lowest BCUT2D eigenvalue weighted by Gasteiger charge is -2.17. The summed E-state index contributed by atoms with van der Waals surface area (Å²) in [6.07, 6.45) is 0. The Kier molecular flexibility index (Phi) is 3.32. The van der Waals surface area contributed by atoms with Crippen LogP contribution in [0.5, 0.6) is 0 Å². The monoisotopic (exact) mass is 284 g/mol. The van der Waals surface area contributed by atoms with Gasteiger partial charge in [-0.3, -0.25) is 9.59 Å². The molecule has 1 aliphatic heterocycles. The summed E-state index contributed by atoms with van der Waals surface area (Å²) in [6.45, 7) is 0. The van der Waals surface area contributed by atoms with E-state index in [1.807, 2.05) is 19.0 Å². The molecule has 2 rings (SSSR count). The first kappa shape index (κ1) is 12.9. The number of carbonyl (C=O) groups excluding carboxylic acids is 2. The minimum Gasteiger partial charge on any atom is -0.378 e. The van der Waals surface area contributed by atoms with Crippen LogP contribution in [0.1, 0.15) is 0 Å². The second kappa shape index (κ2) is 4.63. The van der Waals surface area contributed by atoms with Crippen molar-refractivity contribution < 1.29 is 9.59 Å². The normalized spacial score (nSPS) is 15.7. The van der Waals surface area contributed by atoms with Gasteiger partial charge < -0.3 is 4.90 Å². The van der Waals surface area contributed by atoms with Crippen molar-refractivity contribution in [2.24, 2.45) is 0 Å². The van der Waals surface area contributed by atoms with Crippen molar-refractivity contribution in [1.82, 2.24) is 0 Å². The first-order valence-electron chi connectivity index (χ1n) is 5.15. The second-order valence-corrected chi connectivity index (χ2v) is 4.74. The van der Waals surface area contributed by atoms with Crippen molar-refractivity contribution in [2.75, 3.05) is 23.9 Å². The molecular weight excluding hydrogens is 275 g/mol. The molecule has 94 valence electrons. The highest BCUT2D eigenvalue weighted by molar-refractivity contribution is 6.62. The van der Waals surface area contributed by atoms with E-state index in [4.69, 9.17) is 23.2 Å². The van der Waals surface area contributed by atoms with Crippen molar-refractivity contribution in [3.8, 4) is 0 Å². The molecule has 0 aromatic heterocycles. The fraction of sp³-hybridized carbons (Fsp3) is 0.167. The summed E-state index contributed by atoms with van der Waals surface area (Å²) >= 11 is 11.3. The molecule has 1 aliphatic rings. The van der Waals surface area contributed by atoms with Crippen LogP contribution in [0.15, 0.2) is 34.3 Å². The van der Waals surface area contributed by atoms with Gasteiger partial charge in [0.2, 0.25) is 0 Å². The Labute approximate surface area is 114 Å². The molecule has 0 spiro atoms. The van der Waals surface area contributed by atoms with Gasteiger partial charge in [0.05, 0.1) is 5.69 Å². The van der Waals surface area contributed by atoms with Gasteiger partial charge in [-0.1, -0.05) is 23.2 Å². The maximum absolute atomic E-state index is 11.8. The maximum atomic E-state index is 11.8. The van der Waals surface area contributed by atoms with Gasteiger partial charge in [-0.2, -0.15) is 0 Å². The highest BCUT2D eigenvalue weighted by atomic mass is 35.5. The van der Waals surface area contributed by atoms with Gasteiger partial charge in [-0.15, -0.1) is 0 Å². The van der Waals surface area contributed by atoms with Crippen LogP contribution < -0.4 is 9.80 Å². The van der Waals surface area contributed by atoms with Crippen LogP contribution in [0.2, 0.25) is 0 Å². The quantitative estimate of drug-likeness (QED) is 0.783. The summed E-state index contributed by atoms with van der Waals surface area (Å²) in [5.41, 5.74) is 1.41.